The van der Waals surface area contributed by atoms with Gasteiger partial charge in [0.2, 0.25) is 5.91 Å². The van der Waals surface area contributed by atoms with Crippen LogP contribution in [0, 0.1) is 0 Å². The van der Waals surface area contributed by atoms with Crippen LogP contribution in [0.2, 0.25) is 0 Å². The Morgan fingerprint density at radius 3 is 2.50 bits per heavy atom. The third-order valence-corrected chi connectivity index (χ3v) is 5.06. The molecule has 2 N–H and O–H groups in total. The molecule has 0 aromatic heterocycles. The summed E-state index contributed by atoms with van der Waals surface area (Å²) in [5.74, 6) is 0.291. The summed E-state index contributed by atoms with van der Waals surface area (Å²) in [7, 11) is 0. The number of nitrogens with two attached hydrogens (primary N) is 1. The molecule has 4 heteroatoms. The second-order valence-electron chi connectivity index (χ2n) is 5.81. The first-order valence-electron chi connectivity index (χ1n) is 7.41. The third kappa shape index (κ3) is 2.72. The van der Waals surface area contributed by atoms with E-state index in [1.807, 2.05) is 0 Å². The lowest BCUT2D eigenvalue weighted by molar-refractivity contribution is -0.133. The molecule has 0 bridgehead atoms. The van der Waals surface area contributed by atoms with E-state index in [2.05, 4.69) is 35.4 Å². The molecule has 108 valence electrons. The summed E-state index contributed by atoms with van der Waals surface area (Å²) in [4.78, 5) is 15.8. The van der Waals surface area contributed by atoms with Crippen molar-refractivity contribution in [1.29, 1.82) is 0 Å². The Morgan fingerprint density at radius 2 is 1.90 bits per heavy atom. The Kier molecular flexibility index (Phi) is 4.03. The molecular formula is C16H22N2OS. The minimum absolute atomic E-state index is 0.0576. The molecule has 1 aliphatic heterocycles. The quantitative estimate of drug-likeness (QED) is 0.871. The number of hydrogen-bond acceptors (Lipinski definition) is 3. The van der Waals surface area contributed by atoms with Gasteiger partial charge in [-0.3, -0.25) is 4.79 Å². The van der Waals surface area contributed by atoms with Gasteiger partial charge in [-0.15, -0.1) is 11.8 Å². The van der Waals surface area contributed by atoms with Crippen molar-refractivity contribution in [3.63, 3.8) is 0 Å². The highest BCUT2D eigenvalue weighted by molar-refractivity contribution is 7.98. The number of hydrogen-bond donors (Lipinski definition) is 1. The summed E-state index contributed by atoms with van der Waals surface area (Å²) in [5, 5.41) is 0. The normalized spacial score (nSPS) is 27.5. The van der Waals surface area contributed by atoms with Gasteiger partial charge in [-0.2, -0.15) is 0 Å². The van der Waals surface area contributed by atoms with E-state index < -0.39 is 0 Å². The maximum absolute atomic E-state index is 12.4. The van der Waals surface area contributed by atoms with E-state index in [1.165, 1.54) is 10.5 Å². The molecule has 2 aliphatic rings. The van der Waals surface area contributed by atoms with Crippen LogP contribution in [-0.4, -0.2) is 29.1 Å². The zero-order valence-corrected chi connectivity index (χ0v) is 12.7. The molecule has 1 heterocycles. The molecule has 2 atom stereocenters. The van der Waals surface area contributed by atoms with Crippen molar-refractivity contribution in [2.24, 2.45) is 5.73 Å². The van der Waals surface area contributed by atoms with Gasteiger partial charge >= 0.3 is 0 Å². The predicted molar refractivity (Wildman–Crippen MR) is 82.7 cm³/mol. The van der Waals surface area contributed by atoms with E-state index in [9.17, 15) is 4.79 Å². The van der Waals surface area contributed by atoms with Gasteiger partial charge in [-0.1, -0.05) is 12.1 Å². The predicted octanol–water partition coefficient (Wildman–Crippen LogP) is 2.95. The zero-order valence-electron chi connectivity index (χ0n) is 11.9. The Balaban J connectivity index is 1.93. The number of benzene rings is 1. The number of nitrogens with zero attached hydrogens (tertiary/aromatic N) is 1. The fraction of sp³-hybridized carbons (Fsp3) is 0.562. The first-order valence-corrected chi connectivity index (χ1v) is 8.64. The summed E-state index contributed by atoms with van der Waals surface area (Å²) in [6.45, 7) is 0. The average Bonchev–Trinajstić information content (AvgIpc) is 3.28. The van der Waals surface area contributed by atoms with Gasteiger partial charge in [0.1, 0.15) is 0 Å². The molecule has 0 radical (unpaired) electrons. The number of thioether (sulfide) groups is 1. The van der Waals surface area contributed by atoms with Crippen molar-refractivity contribution in [2.75, 3.05) is 6.26 Å². The zero-order chi connectivity index (χ0) is 14.1. The van der Waals surface area contributed by atoms with Gasteiger partial charge in [0, 0.05) is 23.4 Å². The van der Waals surface area contributed by atoms with E-state index in [4.69, 9.17) is 5.73 Å². The van der Waals surface area contributed by atoms with Gasteiger partial charge in [0.25, 0.3) is 0 Å². The molecule has 1 aromatic rings. The second kappa shape index (κ2) is 5.78. The average molecular weight is 290 g/mol. The fourth-order valence-corrected chi connectivity index (χ4v) is 3.54. The minimum Gasteiger partial charge on any atom is -0.331 e. The molecule has 3 rings (SSSR count). The number of rotatable bonds is 3. The van der Waals surface area contributed by atoms with E-state index in [-0.39, 0.29) is 12.1 Å². The molecule has 1 aromatic carbocycles. The van der Waals surface area contributed by atoms with Crippen LogP contribution in [0.1, 0.15) is 43.7 Å². The lowest BCUT2D eigenvalue weighted by Crippen LogP contribution is -2.43. The molecular weight excluding hydrogens is 268 g/mol. The topological polar surface area (TPSA) is 46.3 Å². The molecule has 1 saturated heterocycles. The SMILES string of the molecule is CSc1ccc(C2C(N)CCCC(=O)N2C2CC2)cc1. The molecule has 0 spiro atoms. The van der Waals surface area contributed by atoms with Gasteiger partial charge in [-0.25, -0.2) is 0 Å². The van der Waals surface area contributed by atoms with E-state index in [0.717, 1.165) is 25.7 Å². The summed E-state index contributed by atoms with van der Waals surface area (Å²) in [5.41, 5.74) is 7.59. The van der Waals surface area contributed by atoms with Crippen LogP contribution in [0.5, 0.6) is 0 Å². The van der Waals surface area contributed by atoms with Gasteiger partial charge in [-0.05, 0) is 49.6 Å². The van der Waals surface area contributed by atoms with E-state index in [1.54, 1.807) is 11.8 Å². The highest BCUT2D eigenvalue weighted by Crippen LogP contribution is 2.39. The van der Waals surface area contributed by atoms with Gasteiger partial charge in [0.15, 0.2) is 0 Å². The first kappa shape index (κ1) is 14.0. The Bertz CT molecular complexity index is 484. The molecule has 1 saturated carbocycles. The molecule has 3 nitrogen and oxygen atoms in total. The molecule has 2 fully saturated rings. The summed E-state index contributed by atoms with van der Waals surface area (Å²) in [6.07, 6.45) is 6.86. The highest BCUT2D eigenvalue weighted by atomic mass is 32.2. The van der Waals surface area contributed by atoms with Crippen LogP contribution < -0.4 is 5.73 Å². The molecule has 1 aliphatic carbocycles. The minimum atomic E-state index is 0.0576. The lowest BCUT2D eigenvalue weighted by Gasteiger charge is -2.34. The maximum Gasteiger partial charge on any atom is 0.223 e. The smallest absolute Gasteiger partial charge is 0.223 e. The monoisotopic (exact) mass is 290 g/mol. The largest absolute Gasteiger partial charge is 0.331 e. The third-order valence-electron chi connectivity index (χ3n) is 4.32. The Hall–Kier alpha value is -1.00. The summed E-state index contributed by atoms with van der Waals surface area (Å²) < 4.78 is 0. The van der Waals surface area contributed by atoms with Crippen LogP contribution in [0.4, 0.5) is 0 Å². The van der Waals surface area contributed by atoms with Crippen LogP contribution >= 0.6 is 11.8 Å². The standard InChI is InChI=1S/C16H22N2OS/c1-20-13-9-5-11(6-10-13)16-14(17)3-2-4-15(19)18(16)12-7-8-12/h5-6,9-10,12,14,16H,2-4,7-8,17H2,1H3. The Morgan fingerprint density at radius 1 is 1.20 bits per heavy atom. The number of carbonyl (C=O) groups is 1. The van der Waals surface area contributed by atoms with Crippen LogP contribution in [0.25, 0.3) is 0 Å². The Labute approximate surface area is 124 Å². The second-order valence-corrected chi connectivity index (χ2v) is 6.69. The van der Waals surface area contributed by atoms with Crippen LogP contribution in [0.3, 0.4) is 0 Å². The maximum atomic E-state index is 12.4. The van der Waals surface area contributed by atoms with Crippen molar-refractivity contribution in [3.8, 4) is 0 Å². The number of amides is 1. The van der Waals surface area contributed by atoms with Gasteiger partial charge in [0.05, 0.1) is 6.04 Å². The molecule has 1 amide bonds. The van der Waals surface area contributed by atoms with Gasteiger partial charge < -0.3 is 10.6 Å². The van der Waals surface area contributed by atoms with Crippen molar-refractivity contribution in [1.82, 2.24) is 4.90 Å². The lowest BCUT2D eigenvalue weighted by atomic mass is 9.96. The molecule has 2 unspecified atom stereocenters. The highest BCUT2D eigenvalue weighted by Gasteiger charge is 2.41. The summed E-state index contributed by atoms with van der Waals surface area (Å²) in [6, 6.07) is 9.10. The summed E-state index contributed by atoms with van der Waals surface area (Å²) >= 11 is 1.74. The first-order chi connectivity index (χ1) is 9.70. The van der Waals surface area contributed by atoms with Crippen molar-refractivity contribution in [3.05, 3.63) is 29.8 Å². The van der Waals surface area contributed by atoms with Crippen molar-refractivity contribution in [2.45, 2.75) is 55.1 Å². The van der Waals surface area contributed by atoms with Crippen LogP contribution in [-0.2, 0) is 4.79 Å². The van der Waals surface area contributed by atoms with Crippen LogP contribution in [0.15, 0.2) is 29.2 Å². The van der Waals surface area contributed by atoms with E-state index >= 15 is 0 Å². The molecule has 20 heavy (non-hydrogen) atoms. The van der Waals surface area contributed by atoms with Crippen molar-refractivity contribution >= 4 is 17.7 Å². The van der Waals surface area contributed by atoms with E-state index in [0.29, 0.717) is 18.4 Å². The van der Waals surface area contributed by atoms with Crippen molar-refractivity contribution < 1.29 is 4.79 Å². The number of likely N-dealkylation sites (tertiary alicyclic amines) is 1. The number of carbonyl (C=O) groups excluding carboxylic acids is 1. The fourth-order valence-electron chi connectivity index (χ4n) is 3.13.